The Balaban J connectivity index is 2.23. The minimum atomic E-state index is 0.0685. The molecule has 21 heavy (non-hydrogen) atoms. The second-order valence-electron chi connectivity index (χ2n) is 5.14. The molecule has 0 saturated carbocycles. The highest BCUT2D eigenvalue weighted by molar-refractivity contribution is 9.09. The van der Waals surface area contributed by atoms with E-state index in [-0.39, 0.29) is 6.10 Å². The van der Waals surface area contributed by atoms with Crippen molar-refractivity contribution in [2.24, 2.45) is 0 Å². The van der Waals surface area contributed by atoms with Crippen LogP contribution in [-0.2, 0) is 4.74 Å². The number of rotatable bonds is 11. The van der Waals surface area contributed by atoms with E-state index in [0.717, 1.165) is 29.7 Å². The number of halogens is 1. The van der Waals surface area contributed by atoms with Gasteiger partial charge in [0.2, 0.25) is 0 Å². The first-order valence-electron chi connectivity index (χ1n) is 7.80. The molecule has 0 spiro atoms. The van der Waals surface area contributed by atoms with E-state index in [0.29, 0.717) is 6.61 Å². The second-order valence-corrected chi connectivity index (χ2v) is 5.94. The van der Waals surface area contributed by atoms with Crippen molar-refractivity contribution in [3.8, 4) is 5.75 Å². The van der Waals surface area contributed by atoms with Crippen LogP contribution < -0.4 is 4.74 Å². The van der Waals surface area contributed by atoms with Crippen LogP contribution >= 0.6 is 15.9 Å². The van der Waals surface area contributed by atoms with Crippen molar-refractivity contribution >= 4 is 22.0 Å². The fraction of sp³-hybridized carbons (Fsp3) is 0.556. The first-order valence-corrected chi connectivity index (χ1v) is 8.92. The van der Waals surface area contributed by atoms with Gasteiger partial charge in [-0.05, 0) is 32.8 Å². The van der Waals surface area contributed by atoms with Crippen molar-refractivity contribution < 1.29 is 9.47 Å². The van der Waals surface area contributed by atoms with Crippen LogP contribution in [0.4, 0.5) is 0 Å². The summed E-state index contributed by atoms with van der Waals surface area (Å²) in [5, 5.41) is 1.10. The van der Waals surface area contributed by atoms with Crippen LogP contribution in [0.15, 0.2) is 30.3 Å². The second kappa shape index (κ2) is 11.8. The van der Waals surface area contributed by atoms with Gasteiger partial charge in [0.15, 0.2) is 0 Å². The van der Waals surface area contributed by atoms with Crippen molar-refractivity contribution in [3.63, 3.8) is 0 Å². The number of para-hydroxylation sites is 1. The SMILES string of the molecule is C/C=C/c1ccccc1OC(C)COCCCCCCBr. The number of unbranched alkanes of at least 4 members (excludes halogenated alkanes) is 3. The quantitative estimate of drug-likeness (QED) is 0.388. The lowest BCUT2D eigenvalue weighted by molar-refractivity contribution is 0.0565. The molecule has 0 bridgehead atoms. The van der Waals surface area contributed by atoms with Gasteiger partial charge in [0.25, 0.3) is 0 Å². The number of alkyl halides is 1. The predicted octanol–water partition coefficient (Wildman–Crippen LogP) is 5.46. The molecule has 0 N–H and O–H groups in total. The highest BCUT2D eigenvalue weighted by atomic mass is 79.9. The Hall–Kier alpha value is -0.800. The van der Waals surface area contributed by atoms with E-state index in [1.165, 1.54) is 19.3 Å². The summed E-state index contributed by atoms with van der Waals surface area (Å²) in [6.07, 6.45) is 9.06. The van der Waals surface area contributed by atoms with Gasteiger partial charge in [-0.25, -0.2) is 0 Å². The average Bonchev–Trinajstić information content (AvgIpc) is 2.48. The van der Waals surface area contributed by atoms with Crippen LogP contribution in [0.25, 0.3) is 6.08 Å². The summed E-state index contributed by atoms with van der Waals surface area (Å²) < 4.78 is 11.7. The molecule has 1 rings (SSSR count). The molecule has 0 amide bonds. The first-order chi connectivity index (χ1) is 10.3. The molecule has 1 atom stereocenters. The van der Waals surface area contributed by atoms with Gasteiger partial charge < -0.3 is 9.47 Å². The van der Waals surface area contributed by atoms with Gasteiger partial charge >= 0.3 is 0 Å². The minimum absolute atomic E-state index is 0.0685. The van der Waals surface area contributed by atoms with Crippen LogP contribution in [0.3, 0.4) is 0 Å². The summed E-state index contributed by atoms with van der Waals surface area (Å²) in [6.45, 7) is 5.53. The van der Waals surface area contributed by atoms with E-state index < -0.39 is 0 Å². The fourth-order valence-electron chi connectivity index (χ4n) is 2.06. The van der Waals surface area contributed by atoms with Crippen molar-refractivity contribution in [3.05, 3.63) is 35.9 Å². The van der Waals surface area contributed by atoms with Crippen LogP contribution in [0.2, 0.25) is 0 Å². The molecule has 118 valence electrons. The molecule has 0 radical (unpaired) electrons. The lowest BCUT2D eigenvalue weighted by Crippen LogP contribution is -2.19. The average molecular weight is 355 g/mol. The maximum Gasteiger partial charge on any atom is 0.127 e. The Kier molecular flexibility index (Phi) is 10.3. The van der Waals surface area contributed by atoms with Crippen molar-refractivity contribution in [1.29, 1.82) is 0 Å². The Bertz CT molecular complexity index is 404. The number of ether oxygens (including phenoxy) is 2. The zero-order chi connectivity index (χ0) is 15.3. The van der Waals surface area contributed by atoms with Gasteiger partial charge in [-0.15, -0.1) is 0 Å². The van der Waals surface area contributed by atoms with E-state index in [1.54, 1.807) is 0 Å². The molecular weight excluding hydrogens is 328 g/mol. The van der Waals surface area contributed by atoms with Crippen LogP contribution in [0.1, 0.15) is 45.1 Å². The lowest BCUT2D eigenvalue weighted by atomic mass is 10.2. The number of hydrogen-bond donors (Lipinski definition) is 0. The molecule has 0 aliphatic heterocycles. The third kappa shape index (κ3) is 8.27. The summed E-state index contributed by atoms with van der Waals surface area (Å²) in [7, 11) is 0. The highest BCUT2D eigenvalue weighted by Gasteiger charge is 2.06. The Morgan fingerprint density at radius 3 is 2.67 bits per heavy atom. The number of allylic oxidation sites excluding steroid dienone is 1. The largest absolute Gasteiger partial charge is 0.488 e. The standard InChI is InChI=1S/C18H27BrO2/c1-3-10-17-11-6-7-12-18(17)21-16(2)15-20-14-9-5-4-8-13-19/h3,6-7,10-12,16H,4-5,8-9,13-15H2,1-2H3/b10-3+. The fourth-order valence-corrected chi connectivity index (χ4v) is 2.45. The maximum atomic E-state index is 5.96. The van der Waals surface area contributed by atoms with Gasteiger partial charge in [0.05, 0.1) is 6.61 Å². The molecule has 1 aromatic rings. The third-order valence-corrected chi connectivity index (χ3v) is 3.68. The smallest absolute Gasteiger partial charge is 0.127 e. The van der Waals surface area contributed by atoms with Gasteiger partial charge in [-0.3, -0.25) is 0 Å². The number of benzene rings is 1. The molecular formula is C18H27BrO2. The van der Waals surface area contributed by atoms with Crippen molar-refractivity contribution in [1.82, 2.24) is 0 Å². The Morgan fingerprint density at radius 1 is 1.14 bits per heavy atom. The zero-order valence-corrected chi connectivity index (χ0v) is 14.8. The normalized spacial score (nSPS) is 12.7. The number of hydrogen-bond acceptors (Lipinski definition) is 2. The highest BCUT2D eigenvalue weighted by Crippen LogP contribution is 2.20. The minimum Gasteiger partial charge on any atom is -0.488 e. The van der Waals surface area contributed by atoms with E-state index in [9.17, 15) is 0 Å². The van der Waals surface area contributed by atoms with Gasteiger partial charge in [-0.1, -0.05) is 59.1 Å². The Morgan fingerprint density at radius 2 is 1.90 bits per heavy atom. The summed E-state index contributed by atoms with van der Waals surface area (Å²) in [6, 6.07) is 8.09. The molecule has 2 nitrogen and oxygen atoms in total. The van der Waals surface area contributed by atoms with Crippen LogP contribution in [0.5, 0.6) is 5.75 Å². The topological polar surface area (TPSA) is 18.5 Å². The van der Waals surface area contributed by atoms with Crippen molar-refractivity contribution in [2.45, 2.75) is 45.6 Å². The molecule has 0 saturated heterocycles. The summed E-state index contributed by atoms with van der Waals surface area (Å²) in [5.41, 5.74) is 1.11. The van der Waals surface area contributed by atoms with Gasteiger partial charge in [-0.2, -0.15) is 0 Å². The lowest BCUT2D eigenvalue weighted by Gasteiger charge is -2.16. The van der Waals surface area contributed by atoms with Crippen LogP contribution in [0, 0.1) is 0 Å². The zero-order valence-electron chi connectivity index (χ0n) is 13.2. The summed E-state index contributed by atoms with van der Waals surface area (Å²) in [5.74, 6) is 0.920. The molecule has 0 aliphatic rings. The summed E-state index contributed by atoms with van der Waals surface area (Å²) >= 11 is 3.45. The molecule has 0 heterocycles. The van der Waals surface area contributed by atoms with Gasteiger partial charge in [0, 0.05) is 17.5 Å². The van der Waals surface area contributed by atoms with E-state index in [2.05, 4.69) is 35.0 Å². The predicted molar refractivity (Wildman–Crippen MR) is 94.3 cm³/mol. The third-order valence-electron chi connectivity index (χ3n) is 3.12. The molecule has 0 fully saturated rings. The molecule has 0 aromatic heterocycles. The van der Waals surface area contributed by atoms with Gasteiger partial charge in [0.1, 0.15) is 11.9 Å². The van der Waals surface area contributed by atoms with E-state index >= 15 is 0 Å². The van der Waals surface area contributed by atoms with Crippen LogP contribution in [-0.4, -0.2) is 24.6 Å². The summed E-state index contributed by atoms with van der Waals surface area (Å²) in [4.78, 5) is 0. The Labute approximate surface area is 137 Å². The first kappa shape index (κ1) is 18.2. The molecule has 3 heteroatoms. The maximum absolute atomic E-state index is 5.96. The monoisotopic (exact) mass is 354 g/mol. The molecule has 0 aliphatic carbocycles. The van der Waals surface area contributed by atoms with Crippen molar-refractivity contribution in [2.75, 3.05) is 18.5 Å². The molecule has 1 unspecified atom stereocenters. The van der Waals surface area contributed by atoms with E-state index in [1.807, 2.05) is 31.2 Å². The molecule has 1 aromatic carbocycles. The van der Waals surface area contributed by atoms with E-state index in [4.69, 9.17) is 9.47 Å².